The SMILES string of the molecule is O=C(O)c1ccc(COc2ccc3nccnc3c2)o1. The summed E-state index contributed by atoms with van der Waals surface area (Å²) >= 11 is 0. The minimum Gasteiger partial charge on any atom is -0.486 e. The molecule has 0 saturated heterocycles. The maximum Gasteiger partial charge on any atom is 0.371 e. The van der Waals surface area contributed by atoms with Crippen LogP contribution < -0.4 is 4.74 Å². The van der Waals surface area contributed by atoms with Gasteiger partial charge in [0, 0.05) is 18.5 Å². The number of fused-ring (bicyclic) bond motifs is 1. The van der Waals surface area contributed by atoms with E-state index >= 15 is 0 Å². The summed E-state index contributed by atoms with van der Waals surface area (Å²) in [6, 6.07) is 8.32. The second-order valence-electron chi connectivity index (χ2n) is 4.07. The molecule has 6 nitrogen and oxygen atoms in total. The van der Waals surface area contributed by atoms with Crippen LogP contribution in [0.2, 0.25) is 0 Å². The van der Waals surface area contributed by atoms with Crippen LogP contribution in [0.1, 0.15) is 16.3 Å². The van der Waals surface area contributed by atoms with Gasteiger partial charge in [0.2, 0.25) is 5.76 Å². The quantitative estimate of drug-likeness (QED) is 0.783. The van der Waals surface area contributed by atoms with Gasteiger partial charge in [-0.25, -0.2) is 4.79 Å². The molecule has 0 aliphatic carbocycles. The minimum atomic E-state index is -1.10. The summed E-state index contributed by atoms with van der Waals surface area (Å²) in [5.41, 5.74) is 1.52. The predicted octanol–water partition coefficient (Wildman–Crippen LogP) is 2.50. The van der Waals surface area contributed by atoms with Gasteiger partial charge in [0.15, 0.2) is 0 Å². The lowest BCUT2D eigenvalue weighted by atomic mass is 10.3. The van der Waals surface area contributed by atoms with Crippen LogP contribution in [-0.2, 0) is 6.61 Å². The van der Waals surface area contributed by atoms with Gasteiger partial charge in [0.1, 0.15) is 18.1 Å². The molecule has 0 fully saturated rings. The van der Waals surface area contributed by atoms with Crippen molar-refractivity contribution in [3.8, 4) is 5.75 Å². The van der Waals surface area contributed by atoms with Crippen molar-refractivity contribution < 1.29 is 19.1 Å². The number of furan rings is 1. The van der Waals surface area contributed by atoms with Crippen molar-refractivity contribution in [2.75, 3.05) is 0 Å². The second kappa shape index (κ2) is 5.00. The maximum atomic E-state index is 10.7. The molecular formula is C14H10N2O4. The van der Waals surface area contributed by atoms with Gasteiger partial charge < -0.3 is 14.3 Å². The summed E-state index contributed by atoms with van der Waals surface area (Å²) in [4.78, 5) is 19.0. The first-order chi connectivity index (χ1) is 9.72. The molecule has 2 heterocycles. The third-order valence-electron chi connectivity index (χ3n) is 2.69. The average molecular weight is 270 g/mol. The van der Waals surface area contributed by atoms with Crippen LogP contribution in [0.3, 0.4) is 0 Å². The fourth-order valence-corrected chi connectivity index (χ4v) is 1.76. The van der Waals surface area contributed by atoms with E-state index < -0.39 is 5.97 Å². The van der Waals surface area contributed by atoms with Gasteiger partial charge in [-0.1, -0.05) is 0 Å². The smallest absolute Gasteiger partial charge is 0.371 e. The van der Waals surface area contributed by atoms with Crippen molar-refractivity contribution in [2.24, 2.45) is 0 Å². The highest BCUT2D eigenvalue weighted by Crippen LogP contribution is 2.19. The number of ether oxygens (including phenoxy) is 1. The summed E-state index contributed by atoms with van der Waals surface area (Å²) in [5, 5.41) is 8.75. The zero-order valence-electron chi connectivity index (χ0n) is 10.3. The number of hydrogen-bond acceptors (Lipinski definition) is 5. The number of carboxylic acids is 1. The van der Waals surface area contributed by atoms with Crippen LogP contribution in [0.4, 0.5) is 0 Å². The Morgan fingerprint density at radius 1 is 1.15 bits per heavy atom. The van der Waals surface area contributed by atoms with E-state index in [1.165, 1.54) is 6.07 Å². The third-order valence-corrected chi connectivity index (χ3v) is 2.69. The van der Waals surface area contributed by atoms with Crippen LogP contribution in [0.25, 0.3) is 11.0 Å². The second-order valence-corrected chi connectivity index (χ2v) is 4.07. The van der Waals surface area contributed by atoms with Crippen molar-refractivity contribution in [3.63, 3.8) is 0 Å². The Labute approximate surface area is 113 Å². The van der Waals surface area contributed by atoms with Gasteiger partial charge in [-0.3, -0.25) is 9.97 Å². The molecule has 1 N–H and O–H groups in total. The number of benzene rings is 1. The Morgan fingerprint density at radius 3 is 2.70 bits per heavy atom. The summed E-state index contributed by atoms with van der Waals surface area (Å²) in [6.07, 6.45) is 3.23. The number of aromatic nitrogens is 2. The highest BCUT2D eigenvalue weighted by molar-refractivity contribution is 5.84. The Hall–Kier alpha value is -2.89. The van der Waals surface area contributed by atoms with Gasteiger partial charge in [0.05, 0.1) is 11.0 Å². The molecule has 3 aromatic rings. The number of carbonyl (C=O) groups is 1. The van der Waals surface area contributed by atoms with Gasteiger partial charge in [-0.15, -0.1) is 0 Å². The van der Waals surface area contributed by atoms with E-state index in [9.17, 15) is 4.79 Å². The fraction of sp³-hybridized carbons (Fsp3) is 0.0714. The molecule has 0 unspecified atom stereocenters. The maximum absolute atomic E-state index is 10.7. The monoisotopic (exact) mass is 270 g/mol. The van der Waals surface area contributed by atoms with Crippen molar-refractivity contribution in [3.05, 3.63) is 54.2 Å². The largest absolute Gasteiger partial charge is 0.486 e. The van der Waals surface area contributed by atoms with E-state index in [0.29, 0.717) is 11.5 Å². The van der Waals surface area contributed by atoms with Gasteiger partial charge in [-0.05, 0) is 24.3 Å². The van der Waals surface area contributed by atoms with Crippen molar-refractivity contribution in [1.29, 1.82) is 0 Å². The first kappa shape index (κ1) is 12.2. The Kier molecular flexibility index (Phi) is 3.04. The average Bonchev–Trinajstić information content (AvgIpc) is 2.94. The molecule has 0 aliphatic heterocycles. The number of hydrogen-bond donors (Lipinski definition) is 1. The number of aromatic carboxylic acids is 1. The predicted molar refractivity (Wildman–Crippen MR) is 69.5 cm³/mol. The number of carboxylic acid groups (broad SMARTS) is 1. The lowest BCUT2D eigenvalue weighted by Gasteiger charge is -2.04. The molecule has 2 aromatic heterocycles. The molecule has 20 heavy (non-hydrogen) atoms. The van der Waals surface area contributed by atoms with E-state index in [-0.39, 0.29) is 12.4 Å². The molecule has 3 rings (SSSR count). The van der Waals surface area contributed by atoms with Crippen molar-refractivity contribution in [1.82, 2.24) is 9.97 Å². The Balaban J connectivity index is 1.74. The van der Waals surface area contributed by atoms with Gasteiger partial charge in [0.25, 0.3) is 0 Å². The minimum absolute atomic E-state index is 0.104. The first-order valence-electron chi connectivity index (χ1n) is 5.88. The molecule has 0 radical (unpaired) electrons. The van der Waals surface area contributed by atoms with Crippen molar-refractivity contribution >= 4 is 17.0 Å². The van der Waals surface area contributed by atoms with Crippen LogP contribution in [-0.4, -0.2) is 21.0 Å². The van der Waals surface area contributed by atoms with Crippen molar-refractivity contribution in [2.45, 2.75) is 6.61 Å². The highest BCUT2D eigenvalue weighted by Gasteiger charge is 2.09. The lowest BCUT2D eigenvalue weighted by molar-refractivity contribution is 0.0658. The van der Waals surface area contributed by atoms with Gasteiger partial charge in [-0.2, -0.15) is 0 Å². The lowest BCUT2D eigenvalue weighted by Crippen LogP contribution is -1.95. The molecule has 0 aliphatic rings. The Bertz CT molecular complexity index is 766. The molecule has 100 valence electrons. The van der Waals surface area contributed by atoms with E-state index in [2.05, 4.69) is 9.97 Å². The molecule has 6 heteroatoms. The third kappa shape index (κ3) is 2.44. The summed E-state index contributed by atoms with van der Waals surface area (Å²) in [6.45, 7) is 0.152. The van der Waals surface area contributed by atoms with E-state index in [4.69, 9.17) is 14.3 Å². The van der Waals surface area contributed by atoms with Crippen LogP contribution in [0, 0.1) is 0 Å². The normalized spacial score (nSPS) is 10.6. The molecule has 0 saturated carbocycles. The zero-order valence-corrected chi connectivity index (χ0v) is 10.3. The summed E-state index contributed by atoms with van der Waals surface area (Å²) in [7, 11) is 0. The summed E-state index contributed by atoms with van der Waals surface area (Å²) in [5.74, 6) is -0.141. The van der Waals surface area contributed by atoms with E-state index in [0.717, 1.165) is 11.0 Å². The van der Waals surface area contributed by atoms with Crippen LogP contribution >= 0.6 is 0 Å². The van der Waals surface area contributed by atoms with E-state index in [1.54, 1.807) is 30.6 Å². The summed E-state index contributed by atoms with van der Waals surface area (Å²) < 4.78 is 10.6. The van der Waals surface area contributed by atoms with Crippen LogP contribution in [0.5, 0.6) is 5.75 Å². The molecule has 0 bridgehead atoms. The number of rotatable bonds is 4. The molecule has 0 amide bonds. The highest BCUT2D eigenvalue weighted by atomic mass is 16.5. The first-order valence-corrected chi connectivity index (χ1v) is 5.88. The molecule has 0 spiro atoms. The molecular weight excluding hydrogens is 260 g/mol. The zero-order chi connectivity index (χ0) is 13.9. The van der Waals surface area contributed by atoms with Crippen LogP contribution in [0.15, 0.2) is 47.1 Å². The number of nitrogens with zero attached hydrogens (tertiary/aromatic N) is 2. The van der Waals surface area contributed by atoms with E-state index in [1.807, 2.05) is 6.07 Å². The topological polar surface area (TPSA) is 85.5 Å². The van der Waals surface area contributed by atoms with Gasteiger partial charge >= 0.3 is 5.97 Å². The molecule has 0 atom stereocenters. The standard InChI is InChI=1S/C14H10N2O4/c17-14(18)13-4-2-10(20-13)8-19-9-1-3-11-12(7-9)16-6-5-15-11/h1-7H,8H2,(H,17,18). The molecule has 1 aromatic carbocycles. The Morgan fingerprint density at radius 2 is 1.95 bits per heavy atom. The fourth-order valence-electron chi connectivity index (χ4n) is 1.76.